The van der Waals surface area contributed by atoms with Crippen LogP contribution in [0.2, 0.25) is 0 Å². The van der Waals surface area contributed by atoms with Crippen molar-refractivity contribution in [2.45, 2.75) is 19.6 Å². The fourth-order valence-electron chi connectivity index (χ4n) is 6.58. The second-order valence-corrected chi connectivity index (χ2v) is 19.0. The van der Waals surface area contributed by atoms with Gasteiger partial charge in [0.25, 0.3) is 30.4 Å². The zero-order valence-electron chi connectivity index (χ0n) is 35.3. The summed E-state index contributed by atoms with van der Waals surface area (Å²) in [5.74, 6) is -3.92. The molecule has 0 bridgehead atoms. The summed E-state index contributed by atoms with van der Waals surface area (Å²) in [6.45, 7) is -1.85. The minimum Gasteiger partial charge on any atom is -0.505 e. The first-order valence-electron chi connectivity index (χ1n) is 19.5. The number of aliphatic hydroxyl groups is 2. The number of aromatic carboxylic acids is 1. The van der Waals surface area contributed by atoms with E-state index in [1.807, 2.05) is 0 Å². The summed E-state index contributed by atoms with van der Waals surface area (Å²) >= 11 is 0.506. The molecule has 9 N–H and O–H groups in total. The Balaban J connectivity index is 1.29. The second kappa shape index (κ2) is 20.8. The lowest BCUT2D eigenvalue weighted by Crippen LogP contribution is -2.04. The second-order valence-electron chi connectivity index (χ2n) is 14.1. The number of phenolic OH excluding ortho intramolecular Hbond substituents is 1. The van der Waals surface area contributed by atoms with E-state index in [4.69, 9.17) is 14.7 Å². The van der Waals surface area contributed by atoms with Crippen LogP contribution >= 0.6 is 12.0 Å². The van der Waals surface area contributed by atoms with Crippen molar-refractivity contribution in [1.82, 2.24) is 9.78 Å². The lowest BCUT2D eigenvalue weighted by atomic mass is 10.1. The minimum absolute atomic E-state index is 0.0265. The van der Waals surface area contributed by atoms with E-state index in [0.29, 0.717) is 16.7 Å². The first-order chi connectivity index (χ1) is 33.6. The Morgan fingerprint density at radius 2 is 1.25 bits per heavy atom. The molecule has 0 spiro atoms. The molecule has 0 saturated heterocycles. The molecule has 0 saturated carbocycles. The van der Waals surface area contributed by atoms with Crippen LogP contribution in [0.4, 0.5) is 34.1 Å². The Kier molecular flexibility index (Phi) is 15.0. The molecule has 0 radical (unpaired) electrons. The maximum absolute atomic E-state index is 12.8. The molecule has 6 aromatic carbocycles. The van der Waals surface area contributed by atoms with Crippen LogP contribution in [0.5, 0.6) is 23.1 Å². The van der Waals surface area contributed by atoms with E-state index in [1.54, 1.807) is 0 Å². The quantitative estimate of drug-likeness (QED) is 0.0124. The van der Waals surface area contributed by atoms with Gasteiger partial charge in [0.15, 0.2) is 11.4 Å². The highest BCUT2D eigenvalue weighted by atomic mass is 32.2. The third-order valence-corrected chi connectivity index (χ3v) is 12.9. The van der Waals surface area contributed by atoms with Crippen LogP contribution in [0.25, 0.3) is 27.2 Å². The van der Waals surface area contributed by atoms with Gasteiger partial charge in [0.1, 0.15) is 57.3 Å². The summed E-state index contributed by atoms with van der Waals surface area (Å²) in [7, 11) is -14.8. The molecule has 0 atom stereocenters. The lowest BCUT2D eigenvalue weighted by Gasteiger charge is -2.13. The van der Waals surface area contributed by atoms with E-state index >= 15 is 0 Å². The van der Waals surface area contributed by atoms with Gasteiger partial charge in [0.2, 0.25) is 11.6 Å². The van der Waals surface area contributed by atoms with E-state index in [-0.39, 0.29) is 79.6 Å². The molecule has 7 rings (SSSR count). The summed E-state index contributed by atoms with van der Waals surface area (Å²) in [5, 5.41) is 87.9. The molecule has 0 unspecified atom stereocenters. The summed E-state index contributed by atoms with van der Waals surface area (Å²) in [4.78, 5) is 10.2. The summed E-state index contributed by atoms with van der Waals surface area (Å²) in [6, 6.07) is 17.8. The fourth-order valence-corrected chi connectivity index (χ4v) is 9.02. The number of hydrogen-bond acceptors (Lipinski definition) is 23. The van der Waals surface area contributed by atoms with Gasteiger partial charge in [-0.05, 0) is 71.4 Å². The predicted molar refractivity (Wildman–Crippen MR) is 245 cm³/mol. The average molecular weight is 1060 g/mol. The van der Waals surface area contributed by atoms with Crippen LogP contribution in [-0.2, 0) is 34.7 Å². The molecule has 31 heteroatoms. The van der Waals surface area contributed by atoms with Crippen molar-refractivity contribution >= 4 is 104 Å². The molecule has 0 aliphatic carbocycles. The third-order valence-electron chi connectivity index (χ3n) is 9.59. The molecular weight excluding hydrogens is 1020 g/mol. The van der Waals surface area contributed by atoms with E-state index in [0.717, 1.165) is 48.5 Å². The van der Waals surface area contributed by atoms with Crippen molar-refractivity contribution < 1.29 is 88.3 Å². The molecule has 1 aromatic heterocycles. The zero-order chi connectivity index (χ0) is 51.4. The van der Waals surface area contributed by atoms with Gasteiger partial charge < -0.3 is 35.0 Å². The average Bonchev–Trinajstić information content (AvgIpc) is 3.65. The Bertz CT molecular complexity index is 3680. The van der Waals surface area contributed by atoms with Gasteiger partial charge >= 0.3 is 5.97 Å². The van der Waals surface area contributed by atoms with Gasteiger partial charge in [-0.1, -0.05) is 18.2 Å². The SMILES string of the molecule is O=C(O)c1nn(-c2ccc3c(O)c(/N=N/c4cc(OCCO)c(/N=N/c5ccc6c(SOO)cccc6c5S(=O)(=O)O)cc4OCCO)c(S(=O)(=O)O)cc3c2)c(O)c1/N=N/c1ccc(S(=O)(=O)O)cc1. The number of rotatable bonds is 19. The number of benzene rings is 6. The van der Waals surface area contributed by atoms with Crippen LogP contribution in [0.15, 0.2) is 141 Å². The van der Waals surface area contributed by atoms with Gasteiger partial charge in [0, 0.05) is 27.8 Å². The molecule has 0 fully saturated rings. The maximum Gasteiger partial charge on any atom is 0.358 e. The van der Waals surface area contributed by atoms with Crippen molar-refractivity contribution in [3.8, 4) is 28.8 Å². The highest BCUT2D eigenvalue weighted by Gasteiger charge is 2.27. The molecule has 27 nitrogen and oxygen atoms in total. The Morgan fingerprint density at radius 1 is 0.648 bits per heavy atom. The van der Waals surface area contributed by atoms with Crippen LogP contribution in [0, 0.1) is 0 Å². The first kappa shape index (κ1) is 51.3. The van der Waals surface area contributed by atoms with E-state index in [9.17, 15) is 69.2 Å². The number of azo groups is 3. The van der Waals surface area contributed by atoms with Crippen LogP contribution in [0.1, 0.15) is 10.5 Å². The molecule has 0 aliphatic heterocycles. The largest absolute Gasteiger partial charge is 0.505 e. The maximum atomic E-state index is 12.8. The molecule has 0 aliphatic rings. The normalized spacial score (nSPS) is 12.5. The number of carboxylic acid groups (broad SMARTS) is 1. The lowest BCUT2D eigenvalue weighted by molar-refractivity contribution is -0.116. The third kappa shape index (κ3) is 11.2. The van der Waals surface area contributed by atoms with Crippen LogP contribution < -0.4 is 9.47 Å². The minimum atomic E-state index is -5.28. The smallest absolute Gasteiger partial charge is 0.358 e. The van der Waals surface area contributed by atoms with Gasteiger partial charge in [-0.25, -0.2) is 10.1 Å². The number of aromatic hydroxyl groups is 2. The predicted octanol–water partition coefficient (Wildman–Crippen LogP) is 7.51. The molecule has 7 aromatic rings. The summed E-state index contributed by atoms with van der Waals surface area (Å²) < 4.78 is 120. The van der Waals surface area contributed by atoms with Gasteiger partial charge in [-0.3, -0.25) is 13.7 Å². The number of hydrogen-bond donors (Lipinski definition) is 9. The van der Waals surface area contributed by atoms with E-state index < -0.39 is 92.9 Å². The van der Waals surface area contributed by atoms with E-state index in [2.05, 4.69) is 40.1 Å². The first-order valence-corrected chi connectivity index (χ1v) is 24.5. The van der Waals surface area contributed by atoms with Gasteiger partial charge in [-0.2, -0.15) is 44.5 Å². The Morgan fingerprint density at radius 3 is 1.83 bits per heavy atom. The number of carboxylic acids is 1. The highest BCUT2D eigenvalue weighted by molar-refractivity contribution is 7.94. The molecular formula is C40H32N8O19S4. The molecule has 71 heavy (non-hydrogen) atoms. The van der Waals surface area contributed by atoms with Crippen molar-refractivity contribution in [1.29, 1.82) is 0 Å². The molecule has 0 amide bonds. The number of ether oxygens (including phenoxy) is 2. The zero-order valence-corrected chi connectivity index (χ0v) is 38.6. The van der Waals surface area contributed by atoms with Gasteiger partial charge in [-0.15, -0.1) is 25.6 Å². The standard InChI is InChI=1S/C40H32N8O19S4/c49-12-14-65-30-19-29(31(66-15-13-50)18-28(30)43-42-27-11-10-25-26(38(27)71(62,63)64)2-1-3-32(25)68-67-55)44-45-34-33(70(59,60)61)17-20-16-22(6-9-24(20)37(34)51)48-39(52)35(36(47-48)40(53)54)46-41-21-4-7-23(8-5-21)69(56,57)58/h1-11,16-19,49-52,55H,12-15H2,(H,53,54)(H,56,57,58)(H,59,60,61)(H,62,63,64)/b43-42+,45-44+,46-41+. The van der Waals surface area contributed by atoms with Crippen molar-refractivity contribution in [2.24, 2.45) is 30.7 Å². The monoisotopic (exact) mass is 1060 g/mol. The summed E-state index contributed by atoms with van der Waals surface area (Å²) in [5.41, 5.74) is -3.36. The molecule has 370 valence electrons. The summed E-state index contributed by atoms with van der Waals surface area (Å²) in [6.07, 6.45) is 0. The van der Waals surface area contributed by atoms with Crippen LogP contribution in [-0.4, -0.2) is 112 Å². The van der Waals surface area contributed by atoms with Crippen molar-refractivity contribution in [3.63, 3.8) is 0 Å². The number of aliphatic hydroxyl groups excluding tert-OH is 2. The Hall–Kier alpha value is -7.56. The van der Waals surface area contributed by atoms with Crippen molar-refractivity contribution in [3.05, 3.63) is 96.7 Å². The number of fused-ring (bicyclic) bond motifs is 2. The topological polar surface area (TPSA) is 421 Å². The number of aromatic nitrogens is 2. The number of phenols is 1. The molecule has 1 heterocycles. The Labute approximate surface area is 402 Å². The van der Waals surface area contributed by atoms with E-state index in [1.165, 1.54) is 42.5 Å². The van der Waals surface area contributed by atoms with Crippen molar-refractivity contribution in [2.75, 3.05) is 26.4 Å². The number of nitrogens with zero attached hydrogens (tertiary/aromatic N) is 8. The van der Waals surface area contributed by atoms with Crippen LogP contribution in [0.3, 0.4) is 0 Å². The van der Waals surface area contributed by atoms with Gasteiger partial charge in [0.05, 0.1) is 41.5 Å². The highest BCUT2D eigenvalue weighted by Crippen LogP contribution is 2.46. The fraction of sp³-hybridized carbons (Fsp3) is 0.100. The number of carbonyl (C=O) groups is 1.